The second kappa shape index (κ2) is 8.66. The molecule has 1 aliphatic heterocycles. The molecule has 1 amide bonds. The molecule has 4 rings (SSSR count). The molecule has 1 fully saturated rings. The molecule has 0 saturated carbocycles. The van der Waals surface area contributed by atoms with Crippen molar-refractivity contribution in [1.82, 2.24) is 14.2 Å². The van der Waals surface area contributed by atoms with E-state index >= 15 is 0 Å². The fraction of sp³-hybridized carbons (Fsp3) is 0.238. The molecule has 6 nitrogen and oxygen atoms in total. The quantitative estimate of drug-likeness (QED) is 0.566. The van der Waals surface area contributed by atoms with Gasteiger partial charge in [0.25, 0.3) is 5.91 Å². The predicted octanol–water partition coefficient (Wildman–Crippen LogP) is 4.06. The second-order valence-corrected chi connectivity index (χ2v) is 10.5. The molecule has 0 N–H and O–H groups in total. The Morgan fingerprint density at radius 3 is 2.26 bits per heavy atom. The topological polar surface area (TPSA) is 70.6 Å². The van der Waals surface area contributed by atoms with Gasteiger partial charge in [-0.1, -0.05) is 23.7 Å². The fourth-order valence-corrected chi connectivity index (χ4v) is 5.93. The molecular formula is C21H19ClFN3O3S2. The number of carbonyl (C=O) groups excluding carboxylic acids is 1. The van der Waals surface area contributed by atoms with Crippen molar-refractivity contribution in [3.05, 3.63) is 69.9 Å². The lowest BCUT2D eigenvalue weighted by atomic mass is 10.2. The first kappa shape index (κ1) is 21.9. The Morgan fingerprint density at radius 2 is 1.65 bits per heavy atom. The lowest BCUT2D eigenvalue weighted by molar-refractivity contribution is 0.0702. The van der Waals surface area contributed by atoms with Gasteiger partial charge < -0.3 is 4.90 Å². The van der Waals surface area contributed by atoms with Gasteiger partial charge in [0, 0.05) is 36.8 Å². The molecule has 0 aliphatic carbocycles. The van der Waals surface area contributed by atoms with Crippen LogP contribution in [0.4, 0.5) is 4.39 Å². The number of aryl methyl sites for hydroxylation is 1. The van der Waals surface area contributed by atoms with Gasteiger partial charge in [-0.3, -0.25) is 4.79 Å². The van der Waals surface area contributed by atoms with Crippen LogP contribution in [0.5, 0.6) is 0 Å². The first-order chi connectivity index (χ1) is 14.8. The van der Waals surface area contributed by atoms with E-state index in [4.69, 9.17) is 11.6 Å². The number of aromatic nitrogens is 1. The number of halogens is 2. The molecule has 0 radical (unpaired) electrons. The molecule has 0 spiro atoms. The van der Waals surface area contributed by atoms with Gasteiger partial charge >= 0.3 is 0 Å². The lowest BCUT2D eigenvalue weighted by Gasteiger charge is -2.33. The van der Waals surface area contributed by atoms with Crippen molar-refractivity contribution in [3.63, 3.8) is 0 Å². The van der Waals surface area contributed by atoms with Crippen LogP contribution in [-0.4, -0.2) is 54.7 Å². The zero-order chi connectivity index (χ0) is 22.2. The van der Waals surface area contributed by atoms with Crippen LogP contribution in [0.15, 0.2) is 53.4 Å². The van der Waals surface area contributed by atoms with E-state index < -0.39 is 15.8 Å². The molecule has 31 heavy (non-hydrogen) atoms. The number of hydrogen-bond donors (Lipinski definition) is 0. The SMILES string of the molecule is Cc1nc(-c2ccc(Cl)cc2)sc1C(=O)N1CCN(S(=O)(=O)c2ccc(F)cc2)CC1. The van der Waals surface area contributed by atoms with E-state index in [-0.39, 0.29) is 37.0 Å². The number of thiazole rings is 1. The van der Waals surface area contributed by atoms with E-state index in [1.54, 1.807) is 24.0 Å². The maximum atomic E-state index is 13.1. The van der Waals surface area contributed by atoms with Crippen molar-refractivity contribution >= 4 is 38.9 Å². The molecule has 10 heteroatoms. The molecule has 162 valence electrons. The van der Waals surface area contributed by atoms with Gasteiger partial charge in [0.2, 0.25) is 10.0 Å². The molecule has 1 aliphatic rings. The van der Waals surface area contributed by atoms with Gasteiger partial charge in [-0.25, -0.2) is 17.8 Å². The highest BCUT2D eigenvalue weighted by Crippen LogP contribution is 2.30. The Hall–Kier alpha value is -2.33. The zero-order valence-electron chi connectivity index (χ0n) is 16.6. The lowest BCUT2D eigenvalue weighted by Crippen LogP contribution is -2.50. The second-order valence-electron chi connectivity index (χ2n) is 7.09. The van der Waals surface area contributed by atoms with Crippen LogP contribution < -0.4 is 0 Å². The largest absolute Gasteiger partial charge is 0.335 e. The summed E-state index contributed by atoms with van der Waals surface area (Å²) in [6, 6.07) is 12.0. The fourth-order valence-electron chi connectivity index (χ4n) is 3.34. The maximum Gasteiger partial charge on any atom is 0.265 e. The summed E-state index contributed by atoms with van der Waals surface area (Å²) < 4.78 is 40.0. The molecular weight excluding hydrogens is 461 g/mol. The summed E-state index contributed by atoms with van der Waals surface area (Å²) in [5.41, 5.74) is 1.52. The van der Waals surface area contributed by atoms with Crippen molar-refractivity contribution in [1.29, 1.82) is 0 Å². The normalized spacial score (nSPS) is 15.3. The molecule has 0 atom stereocenters. The Morgan fingerprint density at radius 1 is 1.03 bits per heavy atom. The van der Waals surface area contributed by atoms with Gasteiger partial charge in [-0.15, -0.1) is 11.3 Å². The van der Waals surface area contributed by atoms with Gasteiger partial charge in [-0.2, -0.15) is 4.31 Å². The molecule has 0 unspecified atom stereocenters. The third-order valence-corrected chi connectivity index (χ3v) is 8.42. The Bertz CT molecular complexity index is 1200. The molecule has 1 saturated heterocycles. The van der Waals surface area contributed by atoms with Gasteiger partial charge in [0.05, 0.1) is 10.6 Å². The number of carbonyl (C=O) groups is 1. The standard InChI is InChI=1S/C21H19ClFN3O3S2/c1-14-19(30-20(24-14)15-2-4-16(22)5-3-15)21(27)25-10-12-26(13-11-25)31(28,29)18-8-6-17(23)7-9-18/h2-9H,10-13H2,1H3. The van der Waals surface area contributed by atoms with Crippen LogP contribution in [0.25, 0.3) is 10.6 Å². The summed E-state index contributed by atoms with van der Waals surface area (Å²) in [6.45, 7) is 2.68. The Labute approximate surface area is 189 Å². The van der Waals surface area contributed by atoms with E-state index in [0.717, 1.165) is 22.7 Å². The minimum atomic E-state index is -3.73. The number of amides is 1. The highest BCUT2D eigenvalue weighted by Gasteiger charge is 2.31. The minimum absolute atomic E-state index is 0.0413. The number of rotatable bonds is 4. The van der Waals surface area contributed by atoms with E-state index in [1.165, 1.54) is 27.8 Å². The monoisotopic (exact) mass is 479 g/mol. The third-order valence-electron chi connectivity index (χ3n) is 5.06. The zero-order valence-corrected chi connectivity index (χ0v) is 19.0. The van der Waals surface area contributed by atoms with E-state index in [1.807, 2.05) is 12.1 Å². The van der Waals surface area contributed by atoms with Crippen molar-refractivity contribution in [2.75, 3.05) is 26.2 Å². The van der Waals surface area contributed by atoms with Crippen LogP contribution in [0.3, 0.4) is 0 Å². The predicted molar refractivity (Wildman–Crippen MR) is 118 cm³/mol. The number of piperazine rings is 1. The van der Waals surface area contributed by atoms with Crippen molar-refractivity contribution in [3.8, 4) is 10.6 Å². The summed E-state index contributed by atoms with van der Waals surface area (Å²) >= 11 is 7.25. The highest BCUT2D eigenvalue weighted by molar-refractivity contribution is 7.89. The molecule has 0 bridgehead atoms. The number of benzene rings is 2. The van der Waals surface area contributed by atoms with Gasteiger partial charge in [0.1, 0.15) is 15.7 Å². The van der Waals surface area contributed by atoms with Crippen LogP contribution >= 0.6 is 22.9 Å². The summed E-state index contributed by atoms with van der Waals surface area (Å²) in [5.74, 6) is -0.652. The van der Waals surface area contributed by atoms with Gasteiger partial charge in [-0.05, 0) is 43.3 Å². The summed E-state index contributed by atoms with van der Waals surface area (Å²) in [6.07, 6.45) is 0. The summed E-state index contributed by atoms with van der Waals surface area (Å²) in [7, 11) is -3.73. The van der Waals surface area contributed by atoms with Crippen LogP contribution in [0, 0.1) is 12.7 Å². The highest BCUT2D eigenvalue weighted by atomic mass is 35.5. The molecule has 3 aromatic rings. The van der Waals surface area contributed by atoms with Crippen molar-refractivity contribution in [2.45, 2.75) is 11.8 Å². The minimum Gasteiger partial charge on any atom is -0.335 e. The number of nitrogens with zero attached hydrogens (tertiary/aromatic N) is 3. The Kier molecular flexibility index (Phi) is 6.11. The van der Waals surface area contributed by atoms with E-state index in [9.17, 15) is 17.6 Å². The maximum absolute atomic E-state index is 13.1. The first-order valence-electron chi connectivity index (χ1n) is 9.54. The smallest absolute Gasteiger partial charge is 0.265 e. The van der Waals surface area contributed by atoms with Crippen LogP contribution in [0.1, 0.15) is 15.4 Å². The summed E-state index contributed by atoms with van der Waals surface area (Å²) in [4.78, 5) is 19.8. The molecule has 1 aromatic heterocycles. The van der Waals surface area contributed by atoms with E-state index in [0.29, 0.717) is 15.6 Å². The third kappa shape index (κ3) is 4.50. The van der Waals surface area contributed by atoms with E-state index in [2.05, 4.69) is 4.98 Å². The first-order valence-corrected chi connectivity index (χ1v) is 12.2. The average molecular weight is 480 g/mol. The number of sulfonamides is 1. The molecule has 2 aromatic carbocycles. The van der Waals surface area contributed by atoms with Crippen molar-refractivity contribution < 1.29 is 17.6 Å². The Balaban J connectivity index is 1.46. The van der Waals surface area contributed by atoms with Gasteiger partial charge in [0.15, 0.2) is 0 Å². The summed E-state index contributed by atoms with van der Waals surface area (Å²) in [5, 5.41) is 1.36. The van der Waals surface area contributed by atoms with Crippen molar-refractivity contribution in [2.24, 2.45) is 0 Å². The van der Waals surface area contributed by atoms with Crippen LogP contribution in [-0.2, 0) is 10.0 Å². The van der Waals surface area contributed by atoms with Crippen LogP contribution in [0.2, 0.25) is 5.02 Å². The average Bonchev–Trinajstić information content (AvgIpc) is 3.15. The molecule has 2 heterocycles. The number of hydrogen-bond acceptors (Lipinski definition) is 5.